The molecular weight excluding hydrogens is 180 g/mol. The Bertz CT molecular complexity index is 203. The third-order valence-corrected chi connectivity index (χ3v) is 2.40. The summed E-state index contributed by atoms with van der Waals surface area (Å²) in [4.78, 5) is 2.38. The van der Waals surface area contributed by atoms with Crippen LogP contribution in [0.4, 0.5) is 0 Å². The molecule has 0 heterocycles. The van der Waals surface area contributed by atoms with Gasteiger partial charge in [0.05, 0.1) is 6.07 Å². The summed E-state index contributed by atoms with van der Waals surface area (Å²) >= 11 is 4.10. The van der Waals surface area contributed by atoms with Crippen LogP contribution < -0.4 is 0 Å². The topological polar surface area (TPSA) is 27.0 Å². The summed E-state index contributed by atoms with van der Waals surface area (Å²) in [5, 5.41) is 8.48. The molecule has 1 saturated carbocycles. The molecule has 1 aliphatic carbocycles. The van der Waals surface area contributed by atoms with Gasteiger partial charge >= 0.3 is 0 Å². The normalized spacial score (nSPS) is 16.7. The first kappa shape index (κ1) is 10.6. The van der Waals surface area contributed by atoms with E-state index in [4.69, 9.17) is 5.26 Å². The molecule has 0 saturated heterocycles. The molecule has 0 aromatic rings. The predicted molar refractivity (Wildman–Crippen MR) is 57.8 cm³/mol. The molecule has 3 heteroatoms. The highest BCUT2D eigenvalue weighted by Gasteiger charge is 2.27. The zero-order chi connectivity index (χ0) is 9.52. The Labute approximate surface area is 85.6 Å². The summed E-state index contributed by atoms with van der Waals surface area (Å²) < 4.78 is 0. The highest BCUT2D eigenvalue weighted by atomic mass is 32.1. The van der Waals surface area contributed by atoms with Gasteiger partial charge in [0.25, 0.3) is 0 Å². The summed E-state index contributed by atoms with van der Waals surface area (Å²) in [6, 6.07) is 2.94. The first-order chi connectivity index (χ1) is 6.38. The Balaban J connectivity index is 2.21. The quantitative estimate of drug-likeness (QED) is 0.518. The van der Waals surface area contributed by atoms with Crippen LogP contribution in [0.3, 0.4) is 0 Å². The Morgan fingerprint density at radius 3 is 2.77 bits per heavy atom. The van der Waals surface area contributed by atoms with Gasteiger partial charge < -0.3 is 0 Å². The lowest BCUT2D eigenvalue weighted by molar-refractivity contribution is 0.299. The molecule has 0 amide bonds. The van der Waals surface area contributed by atoms with Crippen molar-refractivity contribution >= 4 is 12.6 Å². The summed E-state index contributed by atoms with van der Waals surface area (Å²) in [5.41, 5.74) is 0. The highest BCUT2D eigenvalue weighted by molar-refractivity contribution is 7.80. The second-order valence-corrected chi connectivity index (χ2v) is 3.65. The molecule has 0 unspecified atom stereocenters. The van der Waals surface area contributed by atoms with E-state index >= 15 is 0 Å². The van der Waals surface area contributed by atoms with E-state index in [1.807, 2.05) is 0 Å². The Kier molecular flexibility index (Phi) is 4.95. The van der Waals surface area contributed by atoms with Crippen molar-refractivity contribution in [3.8, 4) is 6.07 Å². The Morgan fingerprint density at radius 2 is 2.23 bits per heavy atom. The first-order valence-corrected chi connectivity index (χ1v) is 5.38. The minimum atomic E-state index is 0.644. The monoisotopic (exact) mass is 196 g/mol. The maximum absolute atomic E-state index is 8.48. The van der Waals surface area contributed by atoms with E-state index in [-0.39, 0.29) is 0 Å². The molecule has 72 valence electrons. The average molecular weight is 196 g/mol. The lowest BCUT2D eigenvalue weighted by atomic mass is 10.3. The second-order valence-electron chi connectivity index (χ2n) is 3.29. The van der Waals surface area contributed by atoms with Crippen molar-refractivity contribution < 1.29 is 0 Å². The van der Waals surface area contributed by atoms with Crippen molar-refractivity contribution in [2.45, 2.75) is 25.3 Å². The maximum Gasteiger partial charge on any atom is 0.0635 e. The van der Waals surface area contributed by atoms with E-state index in [0.29, 0.717) is 6.42 Å². The molecule has 1 rings (SSSR count). The fourth-order valence-electron chi connectivity index (χ4n) is 1.34. The lowest BCUT2D eigenvalue weighted by Crippen LogP contribution is -2.27. The number of nitrogens with zero attached hydrogens (tertiary/aromatic N) is 2. The van der Waals surface area contributed by atoms with Crippen molar-refractivity contribution in [1.29, 1.82) is 5.26 Å². The first-order valence-electron chi connectivity index (χ1n) is 4.75. The van der Waals surface area contributed by atoms with Crippen molar-refractivity contribution in [1.82, 2.24) is 4.90 Å². The van der Waals surface area contributed by atoms with Crippen LogP contribution in [0.2, 0.25) is 0 Å². The van der Waals surface area contributed by atoms with Crippen molar-refractivity contribution in [2.24, 2.45) is 0 Å². The molecule has 0 bridgehead atoms. The van der Waals surface area contributed by atoms with E-state index in [0.717, 1.165) is 24.9 Å². The number of rotatable bonds is 6. The molecule has 0 aromatic heterocycles. The molecule has 0 radical (unpaired) electrons. The van der Waals surface area contributed by atoms with E-state index in [9.17, 15) is 0 Å². The largest absolute Gasteiger partial charge is 0.296 e. The van der Waals surface area contributed by atoms with Crippen LogP contribution >= 0.6 is 12.6 Å². The van der Waals surface area contributed by atoms with Gasteiger partial charge in [-0.3, -0.25) is 4.90 Å². The smallest absolute Gasteiger partial charge is 0.0635 e. The minimum absolute atomic E-state index is 0.644. The van der Waals surface area contributed by atoms with Crippen molar-refractivity contribution in [3.05, 3.63) is 12.2 Å². The number of nitriles is 1. The van der Waals surface area contributed by atoms with E-state index in [2.05, 4.69) is 35.7 Å². The van der Waals surface area contributed by atoms with Crippen LogP contribution in [-0.2, 0) is 0 Å². The van der Waals surface area contributed by atoms with Gasteiger partial charge in [0.2, 0.25) is 0 Å². The van der Waals surface area contributed by atoms with E-state index in [1.54, 1.807) is 0 Å². The van der Waals surface area contributed by atoms with Crippen LogP contribution in [0.5, 0.6) is 0 Å². The fourth-order valence-corrected chi connectivity index (χ4v) is 1.49. The van der Waals surface area contributed by atoms with Crippen molar-refractivity contribution in [3.63, 3.8) is 0 Å². The molecule has 1 aliphatic rings. The minimum Gasteiger partial charge on any atom is -0.296 e. The van der Waals surface area contributed by atoms with Crippen LogP contribution in [-0.4, -0.2) is 29.8 Å². The van der Waals surface area contributed by atoms with E-state index < -0.39 is 0 Å². The predicted octanol–water partition coefficient (Wildman–Crippen LogP) is 1.85. The van der Waals surface area contributed by atoms with Crippen LogP contribution in [0.1, 0.15) is 19.3 Å². The van der Waals surface area contributed by atoms with Gasteiger partial charge in [-0.1, -0.05) is 12.2 Å². The van der Waals surface area contributed by atoms with Crippen molar-refractivity contribution in [2.75, 3.05) is 18.8 Å². The highest BCUT2D eigenvalue weighted by Crippen LogP contribution is 2.26. The van der Waals surface area contributed by atoms with Gasteiger partial charge in [-0.05, 0) is 12.8 Å². The van der Waals surface area contributed by atoms with Gasteiger partial charge in [0.1, 0.15) is 0 Å². The lowest BCUT2D eigenvalue weighted by Gasteiger charge is -2.17. The summed E-state index contributed by atoms with van der Waals surface area (Å²) in [5.74, 6) is 0.802. The third-order valence-electron chi connectivity index (χ3n) is 2.19. The Hall–Kier alpha value is -0.460. The number of hydrogen-bond donors (Lipinski definition) is 1. The van der Waals surface area contributed by atoms with E-state index in [1.165, 1.54) is 12.8 Å². The maximum atomic E-state index is 8.48. The second kappa shape index (κ2) is 6.06. The van der Waals surface area contributed by atoms with Crippen LogP contribution in [0, 0.1) is 11.3 Å². The van der Waals surface area contributed by atoms with Gasteiger partial charge in [-0.15, -0.1) is 0 Å². The molecule has 0 aromatic carbocycles. The Morgan fingerprint density at radius 1 is 1.46 bits per heavy atom. The molecule has 0 aliphatic heterocycles. The average Bonchev–Trinajstić information content (AvgIpc) is 2.94. The van der Waals surface area contributed by atoms with Gasteiger partial charge in [0.15, 0.2) is 0 Å². The zero-order valence-electron chi connectivity index (χ0n) is 7.82. The van der Waals surface area contributed by atoms with Gasteiger partial charge in [0, 0.05) is 31.3 Å². The number of thiol groups is 1. The van der Waals surface area contributed by atoms with Crippen LogP contribution in [0.25, 0.3) is 0 Å². The molecule has 2 nitrogen and oxygen atoms in total. The molecular formula is C10H16N2S. The summed E-state index contributed by atoms with van der Waals surface area (Å²) in [7, 11) is 0. The summed E-state index contributed by atoms with van der Waals surface area (Å²) in [6.45, 7) is 1.89. The van der Waals surface area contributed by atoms with Crippen LogP contribution in [0.15, 0.2) is 12.2 Å². The zero-order valence-corrected chi connectivity index (χ0v) is 8.71. The fraction of sp³-hybridized carbons (Fsp3) is 0.700. The number of hydrogen-bond acceptors (Lipinski definition) is 3. The molecule has 1 fully saturated rings. The SMILES string of the molecule is N#CCCN(CC=CCS)C1CC1. The third kappa shape index (κ3) is 4.35. The standard InChI is InChI=1S/C10H16N2S/c11-6-3-8-12(10-4-5-10)7-1-2-9-13/h1-2,10,13H,3-5,7-9H2. The van der Waals surface area contributed by atoms with Gasteiger partial charge in [-0.25, -0.2) is 0 Å². The molecule has 0 atom stereocenters. The molecule has 13 heavy (non-hydrogen) atoms. The van der Waals surface area contributed by atoms with Gasteiger partial charge in [-0.2, -0.15) is 17.9 Å². The molecule has 0 N–H and O–H groups in total. The summed E-state index contributed by atoms with van der Waals surface area (Å²) in [6.07, 6.45) is 7.46. The molecule has 0 spiro atoms.